The Morgan fingerprint density at radius 3 is 3.08 bits per heavy atom. The third kappa shape index (κ3) is 2.57. The average Bonchev–Trinajstić information content (AvgIpc) is 2.20. The Hall–Kier alpha value is -0.810. The molecule has 0 aromatic rings. The summed E-state index contributed by atoms with van der Waals surface area (Å²) in [5.74, 6) is 6.38. The molecule has 0 bridgehead atoms. The summed E-state index contributed by atoms with van der Waals surface area (Å²) in [5, 5.41) is 9.02. The van der Waals surface area contributed by atoms with E-state index in [1.165, 1.54) is 0 Å². The fourth-order valence-corrected chi connectivity index (χ4v) is 1.70. The Bertz CT molecular complexity index is 183. The van der Waals surface area contributed by atoms with Gasteiger partial charge >= 0.3 is 0 Å². The molecule has 1 rings (SSSR count). The molecule has 1 aliphatic heterocycles. The number of nitrogens with zero attached hydrogens (tertiary/aromatic N) is 2. The van der Waals surface area contributed by atoms with Crippen molar-refractivity contribution >= 4 is 5.96 Å². The second kappa shape index (κ2) is 5.04. The van der Waals surface area contributed by atoms with Gasteiger partial charge in [-0.3, -0.25) is 10.4 Å². The largest absolute Gasteiger partial charge is 0.396 e. The molecule has 1 heterocycles. The second-order valence-corrected chi connectivity index (χ2v) is 3.33. The molecule has 4 N–H and O–H groups in total. The number of piperidine rings is 1. The Labute approximate surface area is 78.6 Å². The van der Waals surface area contributed by atoms with Crippen LogP contribution in [0.5, 0.6) is 0 Å². The van der Waals surface area contributed by atoms with Crippen LogP contribution in [0.25, 0.3) is 0 Å². The van der Waals surface area contributed by atoms with Gasteiger partial charge in [0.2, 0.25) is 5.96 Å². The molecule has 1 aliphatic rings. The van der Waals surface area contributed by atoms with Gasteiger partial charge in [0.15, 0.2) is 0 Å². The van der Waals surface area contributed by atoms with E-state index in [2.05, 4.69) is 15.3 Å². The number of hydrogen-bond donors (Lipinski definition) is 3. The molecule has 1 unspecified atom stereocenters. The molecule has 0 saturated carbocycles. The van der Waals surface area contributed by atoms with Gasteiger partial charge in [-0.2, -0.15) is 0 Å². The lowest BCUT2D eigenvalue weighted by molar-refractivity contribution is 0.158. The predicted molar refractivity (Wildman–Crippen MR) is 52.1 cm³/mol. The lowest BCUT2D eigenvalue weighted by atomic mass is 9.99. The number of aliphatic imine (C=N–C) groups is 1. The number of rotatable bonds is 1. The standard InChI is InChI=1S/C8H18N4O/c1-10-8(11-9)12-4-2-3-7(5-12)6-13/h7,13H,2-6,9H2,1H3,(H,10,11). The topological polar surface area (TPSA) is 73.9 Å². The zero-order valence-corrected chi connectivity index (χ0v) is 8.03. The van der Waals surface area contributed by atoms with Gasteiger partial charge in [0.25, 0.3) is 0 Å². The first-order valence-corrected chi connectivity index (χ1v) is 4.61. The zero-order chi connectivity index (χ0) is 9.68. The Morgan fingerprint density at radius 2 is 2.54 bits per heavy atom. The Balaban J connectivity index is 2.50. The molecular weight excluding hydrogens is 168 g/mol. The minimum atomic E-state index is 0.248. The maximum absolute atomic E-state index is 9.02. The molecule has 0 spiro atoms. The number of aliphatic hydroxyl groups excluding tert-OH is 1. The zero-order valence-electron chi connectivity index (χ0n) is 8.03. The summed E-state index contributed by atoms with van der Waals surface area (Å²) in [4.78, 5) is 6.10. The van der Waals surface area contributed by atoms with E-state index in [0.29, 0.717) is 11.9 Å². The van der Waals surface area contributed by atoms with E-state index in [4.69, 9.17) is 10.9 Å². The van der Waals surface area contributed by atoms with Crippen LogP contribution in [0, 0.1) is 5.92 Å². The van der Waals surface area contributed by atoms with Crippen molar-refractivity contribution in [2.75, 3.05) is 26.7 Å². The first kappa shape index (κ1) is 10.3. The van der Waals surface area contributed by atoms with Crippen LogP contribution in [-0.4, -0.2) is 42.7 Å². The number of aliphatic hydroxyl groups is 1. The number of hydrazine groups is 1. The normalized spacial score (nSPS) is 24.7. The van der Waals surface area contributed by atoms with Crippen LogP contribution in [-0.2, 0) is 0 Å². The van der Waals surface area contributed by atoms with Gasteiger partial charge < -0.3 is 10.0 Å². The summed E-state index contributed by atoms with van der Waals surface area (Å²) in [7, 11) is 1.71. The molecule has 1 atom stereocenters. The Morgan fingerprint density at radius 1 is 1.77 bits per heavy atom. The van der Waals surface area contributed by atoms with Gasteiger partial charge in [-0.15, -0.1) is 0 Å². The van der Waals surface area contributed by atoms with E-state index in [9.17, 15) is 0 Å². The highest BCUT2D eigenvalue weighted by Gasteiger charge is 2.20. The summed E-state index contributed by atoms with van der Waals surface area (Å²) < 4.78 is 0. The SMILES string of the molecule is CN=C(NN)N1CCCC(CO)C1. The monoisotopic (exact) mass is 186 g/mol. The van der Waals surface area contributed by atoms with Crippen molar-refractivity contribution in [2.45, 2.75) is 12.8 Å². The smallest absolute Gasteiger partial charge is 0.208 e. The van der Waals surface area contributed by atoms with Crippen molar-refractivity contribution in [3.63, 3.8) is 0 Å². The van der Waals surface area contributed by atoms with Crippen LogP contribution in [0.4, 0.5) is 0 Å². The third-order valence-corrected chi connectivity index (χ3v) is 2.42. The molecule has 13 heavy (non-hydrogen) atoms. The number of hydrogen-bond acceptors (Lipinski definition) is 3. The minimum Gasteiger partial charge on any atom is -0.396 e. The number of likely N-dealkylation sites (tertiary alicyclic amines) is 1. The van der Waals surface area contributed by atoms with E-state index >= 15 is 0 Å². The van der Waals surface area contributed by atoms with Crippen molar-refractivity contribution in [1.29, 1.82) is 0 Å². The van der Waals surface area contributed by atoms with E-state index in [0.717, 1.165) is 25.9 Å². The van der Waals surface area contributed by atoms with Gasteiger partial charge in [0.1, 0.15) is 0 Å². The van der Waals surface area contributed by atoms with Crippen LogP contribution in [0.15, 0.2) is 4.99 Å². The van der Waals surface area contributed by atoms with Crippen LogP contribution in [0.1, 0.15) is 12.8 Å². The molecule has 0 aromatic heterocycles. The molecule has 1 saturated heterocycles. The molecule has 0 aliphatic carbocycles. The molecule has 76 valence electrons. The first-order valence-electron chi connectivity index (χ1n) is 4.61. The fourth-order valence-electron chi connectivity index (χ4n) is 1.70. The highest BCUT2D eigenvalue weighted by atomic mass is 16.3. The second-order valence-electron chi connectivity index (χ2n) is 3.33. The predicted octanol–water partition coefficient (Wildman–Crippen LogP) is -0.860. The Kier molecular flexibility index (Phi) is 3.98. The van der Waals surface area contributed by atoms with E-state index in [1.54, 1.807) is 7.05 Å². The fraction of sp³-hybridized carbons (Fsp3) is 0.875. The molecule has 1 fully saturated rings. The molecule has 5 nitrogen and oxygen atoms in total. The summed E-state index contributed by atoms with van der Waals surface area (Å²) in [6, 6.07) is 0. The van der Waals surface area contributed by atoms with E-state index in [-0.39, 0.29) is 6.61 Å². The third-order valence-electron chi connectivity index (χ3n) is 2.42. The van der Waals surface area contributed by atoms with Crippen LogP contribution < -0.4 is 11.3 Å². The molecule has 5 heteroatoms. The first-order chi connectivity index (χ1) is 6.31. The van der Waals surface area contributed by atoms with Crippen molar-refractivity contribution in [1.82, 2.24) is 10.3 Å². The lowest BCUT2D eigenvalue weighted by Gasteiger charge is -2.33. The van der Waals surface area contributed by atoms with Gasteiger partial charge in [0.05, 0.1) is 0 Å². The highest BCUT2D eigenvalue weighted by molar-refractivity contribution is 5.79. The van der Waals surface area contributed by atoms with Crippen LogP contribution in [0.3, 0.4) is 0 Å². The van der Waals surface area contributed by atoms with Crippen LogP contribution in [0.2, 0.25) is 0 Å². The van der Waals surface area contributed by atoms with Crippen molar-refractivity contribution in [2.24, 2.45) is 16.8 Å². The summed E-state index contributed by atoms with van der Waals surface area (Å²) in [6.07, 6.45) is 2.18. The number of nitrogens with two attached hydrogens (primary N) is 1. The summed E-state index contributed by atoms with van der Waals surface area (Å²) in [5.41, 5.74) is 2.56. The van der Waals surface area contributed by atoms with Crippen molar-refractivity contribution in [3.05, 3.63) is 0 Å². The average molecular weight is 186 g/mol. The maximum atomic E-state index is 9.02. The molecule has 0 amide bonds. The number of nitrogens with one attached hydrogen (secondary N) is 1. The maximum Gasteiger partial charge on any atom is 0.208 e. The van der Waals surface area contributed by atoms with E-state index in [1.807, 2.05) is 0 Å². The molecule has 0 radical (unpaired) electrons. The molecular formula is C8H18N4O. The summed E-state index contributed by atoms with van der Waals surface area (Å²) >= 11 is 0. The quantitative estimate of drug-likeness (QED) is 0.216. The van der Waals surface area contributed by atoms with Gasteiger partial charge in [-0.1, -0.05) is 0 Å². The van der Waals surface area contributed by atoms with Crippen LogP contribution >= 0.6 is 0 Å². The summed E-state index contributed by atoms with van der Waals surface area (Å²) in [6.45, 7) is 2.05. The van der Waals surface area contributed by atoms with Crippen molar-refractivity contribution in [3.8, 4) is 0 Å². The van der Waals surface area contributed by atoms with Gasteiger partial charge in [-0.25, -0.2) is 5.84 Å². The number of guanidine groups is 1. The van der Waals surface area contributed by atoms with Gasteiger partial charge in [0, 0.05) is 26.7 Å². The highest BCUT2D eigenvalue weighted by Crippen LogP contribution is 2.15. The van der Waals surface area contributed by atoms with Gasteiger partial charge in [-0.05, 0) is 18.8 Å². The minimum absolute atomic E-state index is 0.248. The molecule has 0 aromatic carbocycles. The lowest BCUT2D eigenvalue weighted by Crippen LogP contribution is -2.49. The van der Waals surface area contributed by atoms with E-state index < -0.39 is 0 Å². The van der Waals surface area contributed by atoms with Crippen molar-refractivity contribution < 1.29 is 5.11 Å².